The van der Waals surface area contributed by atoms with Gasteiger partial charge in [0, 0.05) is 4.90 Å². The number of carbonyl (C=O) groups is 2. The van der Waals surface area contributed by atoms with Crippen molar-refractivity contribution in [2.75, 3.05) is 5.75 Å². The third-order valence-electron chi connectivity index (χ3n) is 3.21. The molecule has 0 spiro atoms. The van der Waals surface area contributed by atoms with E-state index in [1.165, 1.54) is 43.0 Å². The molecule has 0 saturated carbocycles. The molecular formula is C18H19FN2O3S. The summed E-state index contributed by atoms with van der Waals surface area (Å²) < 4.78 is 18.2. The van der Waals surface area contributed by atoms with Gasteiger partial charge in [-0.1, -0.05) is 17.7 Å². The number of carbonyl (C=O) groups excluding carboxylic acids is 2. The van der Waals surface area contributed by atoms with Gasteiger partial charge in [0.25, 0.3) is 5.91 Å². The Morgan fingerprint density at radius 2 is 1.72 bits per heavy atom. The Hall–Kier alpha value is -2.54. The van der Waals surface area contributed by atoms with Crippen molar-refractivity contribution >= 4 is 23.6 Å². The summed E-state index contributed by atoms with van der Waals surface area (Å²) in [5, 5.41) is 0. The molecule has 0 bridgehead atoms. The van der Waals surface area contributed by atoms with Gasteiger partial charge < -0.3 is 4.74 Å². The SMILES string of the molecule is Cc1ccc(SCC(=O)NNC(=O)C(C)Oc2ccc(F)cc2)cc1. The van der Waals surface area contributed by atoms with Gasteiger partial charge in [0.1, 0.15) is 11.6 Å². The number of hydrogen-bond donors (Lipinski definition) is 2. The first-order valence-electron chi connectivity index (χ1n) is 7.64. The molecule has 2 amide bonds. The zero-order valence-corrected chi connectivity index (χ0v) is 14.7. The van der Waals surface area contributed by atoms with E-state index in [2.05, 4.69) is 10.9 Å². The first kappa shape index (κ1) is 18.8. The van der Waals surface area contributed by atoms with E-state index in [0.717, 1.165) is 10.5 Å². The van der Waals surface area contributed by atoms with Gasteiger partial charge in [0.2, 0.25) is 5.91 Å². The minimum atomic E-state index is -0.837. The molecule has 25 heavy (non-hydrogen) atoms. The molecule has 132 valence electrons. The van der Waals surface area contributed by atoms with E-state index in [1.54, 1.807) is 0 Å². The lowest BCUT2D eigenvalue weighted by Crippen LogP contribution is -2.47. The van der Waals surface area contributed by atoms with Crippen molar-refractivity contribution in [2.45, 2.75) is 24.8 Å². The number of hydrazine groups is 1. The van der Waals surface area contributed by atoms with Crippen molar-refractivity contribution in [1.29, 1.82) is 0 Å². The van der Waals surface area contributed by atoms with Crippen LogP contribution in [0.1, 0.15) is 12.5 Å². The van der Waals surface area contributed by atoms with Gasteiger partial charge in [0.05, 0.1) is 5.75 Å². The molecule has 2 N–H and O–H groups in total. The zero-order valence-electron chi connectivity index (χ0n) is 13.9. The van der Waals surface area contributed by atoms with Gasteiger partial charge in [0.15, 0.2) is 6.10 Å². The van der Waals surface area contributed by atoms with Crippen LogP contribution in [0.25, 0.3) is 0 Å². The van der Waals surface area contributed by atoms with Crippen LogP contribution in [0, 0.1) is 12.7 Å². The number of benzene rings is 2. The Balaban J connectivity index is 1.71. The number of hydrogen-bond acceptors (Lipinski definition) is 4. The topological polar surface area (TPSA) is 67.4 Å². The fourth-order valence-corrected chi connectivity index (χ4v) is 2.52. The summed E-state index contributed by atoms with van der Waals surface area (Å²) in [5.74, 6) is -0.671. The standard InChI is InChI=1S/C18H19FN2O3S/c1-12-3-9-16(10-4-12)25-11-17(22)20-21-18(23)13(2)24-15-7-5-14(19)6-8-15/h3-10,13H,11H2,1-2H3,(H,20,22)(H,21,23). The highest BCUT2D eigenvalue weighted by Gasteiger charge is 2.15. The molecule has 1 atom stereocenters. The molecule has 0 radical (unpaired) electrons. The minimum Gasteiger partial charge on any atom is -0.481 e. The fourth-order valence-electron chi connectivity index (χ4n) is 1.82. The van der Waals surface area contributed by atoms with Gasteiger partial charge in [-0.25, -0.2) is 4.39 Å². The lowest BCUT2D eigenvalue weighted by molar-refractivity contribution is -0.131. The van der Waals surface area contributed by atoms with Crippen LogP contribution in [0.3, 0.4) is 0 Å². The molecular weight excluding hydrogens is 343 g/mol. The molecule has 5 nitrogen and oxygen atoms in total. The van der Waals surface area contributed by atoms with Crippen molar-refractivity contribution in [1.82, 2.24) is 10.9 Å². The highest BCUT2D eigenvalue weighted by Crippen LogP contribution is 2.17. The number of halogens is 1. The first-order chi connectivity index (χ1) is 11.9. The van der Waals surface area contributed by atoms with Crippen LogP contribution in [-0.4, -0.2) is 23.7 Å². The second-order valence-electron chi connectivity index (χ2n) is 5.35. The highest BCUT2D eigenvalue weighted by atomic mass is 32.2. The Kier molecular flexibility index (Phi) is 6.82. The normalized spacial score (nSPS) is 11.5. The van der Waals surface area contributed by atoms with Crippen LogP contribution in [0.5, 0.6) is 5.75 Å². The third-order valence-corrected chi connectivity index (χ3v) is 4.22. The fraction of sp³-hybridized carbons (Fsp3) is 0.222. The van der Waals surface area contributed by atoms with Crippen LogP contribution < -0.4 is 15.6 Å². The smallest absolute Gasteiger partial charge is 0.279 e. The molecule has 0 aliphatic carbocycles. The lowest BCUT2D eigenvalue weighted by atomic mass is 10.2. The Bertz CT molecular complexity index is 720. The van der Waals surface area contributed by atoms with Crippen LogP contribution in [0.15, 0.2) is 53.4 Å². The van der Waals surface area contributed by atoms with E-state index in [9.17, 15) is 14.0 Å². The third kappa shape index (κ3) is 6.46. The quantitative estimate of drug-likeness (QED) is 0.613. The van der Waals surface area contributed by atoms with Crippen LogP contribution >= 0.6 is 11.8 Å². The van der Waals surface area contributed by atoms with Gasteiger partial charge in [-0.3, -0.25) is 20.4 Å². The molecule has 2 aromatic carbocycles. The summed E-state index contributed by atoms with van der Waals surface area (Å²) in [6.45, 7) is 3.53. The largest absolute Gasteiger partial charge is 0.481 e. The Labute approximate surface area is 149 Å². The monoisotopic (exact) mass is 362 g/mol. The van der Waals surface area contributed by atoms with Gasteiger partial charge in [-0.2, -0.15) is 0 Å². The molecule has 2 aromatic rings. The number of aryl methyl sites for hydroxylation is 1. The van der Waals surface area contributed by atoms with E-state index in [4.69, 9.17) is 4.74 Å². The molecule has 0 heterocycles. The predicted molar refractivity (Wildman–Crippen MR) is 94.7 cm³/mol. The molecule has 2 rings (SSSR count). The van der Waals surface area contributed by atoms with Crippen molar-refractivity contribution in [3.05, 3.63) is 59.9 Å². The van der Waals surface area contributed by atoms with Gasteiger partial charge in [-0.05, 0) is 50.2 Å². The summed E-state index contributed by atoms with van der Waals surface area (Å²) in [4.78, 5) is 24.6. The average molecular weight is 362 g/mol. The maximum Gasteiger partial charge on any atom is 0.279 e. The Morgan fingerprint density at radius 1 is 1.08 bits per heavy atom. The van der Waals surface area contributed by atoms with Crippen LogP contribution in [0.2, 0.25) is 0 Å². The summed E-state index contributed by atoms with van der Waals surface area (Å²) in [6.07, 6.45) is -0.837. The summed E-state index contributed by atoms with van der Waals surface area (Å²) in [5.41, 5.74) is 5.80. The zero-order chi connectivity index (χ0) is 18.2. The number of amides is 2. The Morgan fingerprint density at radius 3 is 2.36 bits per heavy atom. The van der Waals surface area contributed by atoms with Crippen LogP contribution in [0.4, 0.5) is 4.39 Å². The predicted octanol–water partition coefficient (Wildman–Crippen LogP) is 2.84. The first-order valence-corrected chi connectivity index (χ1v) is 8.63. The number of thioether (sulfide) groups is 1. The maximum absolute atomic E-state index is 12.8. The van der Waals surface area contributed by atoms with Crippen molar-refractivity contribution < 1.29 is 18.7 Å². The van der Waals surface area contributed by atoms with E-state index in [1.807, 2.05) is 31.2 Å². The van der Waals surface area contributed by atoms with Crippen LogP contribution in [-0.2, 0) is 9.59 Å². The molecule has 0 aliphatic rings. The summed E-state index contributed by atoms with van der Waals surface area (Å²) >= 11 is 1.37. The van der Waals surface area contributed by atoms with E-state index >= 15 is 0 Å². The molecule has 7 heteroatoms. The molecule has 0 aromatic heterocycles. The summed E-state index contributed by atoms with van der Waals surface area (Å²) in [6, 6.07) is 13.1. The second-order valence-corrected chi connectivity index (χ2v) is 6.40. The maximum atomic E-state index is 12.8. The number of nitrogens with one attached hydrogen (secondary N) is 2. The summed E-state index contributed by atoms with van der Waals surface area (Å²) in [7, 11) is 0. The molecule has 0 saturated heterocycles. The number of rotatable bonds is 6. The van der Waals surface area contributed by atoms with Crippen molar-refractivity contribution in [3.63, 3.8) is 0 Å². The van der Waals surface area contributed by atoms with E-state index in [0.29, 0.717) is 5.75 Å². The van der Waals surface area contributed by atoms with Gasteiger partial charge >= 0.3 is 0 Å². The van der Waals surface area contributed by atoms with E-state index in [-0.39, 0.29) is 17.5 Å². The minimum absolute atomic E-state index is 0.177. The highest BCUT2D eigenvalue weighted by molar-refractivity contribution is 8.00. The van der Waals surface area contributed by atoms with Crippen molar-refractivity contribution in [3.8, 4) is 5.75 Å². The molecule has 0 fully saturated rings. The second kappa shape index (κ2) is 9.08. The molecule has 1 unspecified atom stereocenters. The van der Waals surface area contributed by atoms with Crippen molar-refractivity contribution in [2.24, 2.45) is 0 Å². The molecule has 0 aliphatic heterocycles. The van der Waals surface area contributed by atoms with E-state index < -0.39 is 12.0 Å². The van der Waals surface area contributed by atoms with Gasteiger partial charge in [-0.15, -0.1) is 11.8 Å². The average Bonchev–Trinajstić information content (AvgIpc) is 2.61. The number of ether oxygens (including phenoxy) is 1. The lowest BCUT2D eigenvalue weighted by Gasteiger charge is -2.15.